The number of ether oxygens (including phenoxy) is 2. The summed E-state index contributed by atoms with van der Waals surface area (Å²) in [6, 6.07) is 1.86. The molecule has 0 aliphatic carbocycles. The quantitative estimate of drug-likeness (QED) is 0.799. The Labute approximate surface area is 99.8 Å². The smallest absolute Gasteiger partial charge is 0.145 e. The Morgan fingerprint density at radius 2 is 2.25 bits per heavy atom. The number of nitrogens with zero attached hydrogens (tertiary/aromatic N) is 1. The van der Waals surface area contributed by atoms with Crippen molar-refractivity contribution in [2.75, 3.05) is 13.2 Å². The average Bonchev–Trinajstić information content (AvgIpc) is 2.09. The molecule has 1 saturated heterocycles. The third kappa shape index (κ3) is 2.15. The van der Waals surface area contributed by atoms with E-state index in [0.29, 0.717) is 24.0 Å². The highest BCUT2D eigenvalue weighted by Crippen LogP contribution is 2.24. The van der Waals surface area contributed by atoms with E-state index >= 15 is 0 Å². The Kier molecular flexibility index (Phi) is 3.07. The second-order valence-electron chi connectivity index (χ2n) is 3.86. The van der Waals surface area contributed by atoms with Gasteiger partial charge in [-0.15, -0.1) is 0 Å². The first kappa shape index (κ1) is 11.3. The lowest BCUT2D eigenvalue weighted by molar-refractivity contribution is -0.0798. The molecule has 1 fully saturated rings. The van der Waals surface area contributed by atoms with Gasteiger partial charge < -0.3 is 15.2 Å². The monoisotopic (exact) mass is 238 g/mol. The average molecular weight is 238 g/mol. The topological polar surface area (TPSA) is 57.4 Å². The standard InChI is InChI=1S/C11H14N2O2S/c1-6-3-9(15-8-4-14-5-8)10(11(12)16)7(2)13-6/h3,8H,4-5H2,1-2H3,(H2,12,16). The fraction of sp³-hybridized carbons (Fsp3) is 0.455. The molecule has 1 aliphatic heterocycles. The largest absolute Gasteiger partial charge is 0.485 e. The third-order valence-electron chi connectivity index (χ3n) is 2.44. The summed E-state index contributed by atoms with van der Waals surface area (Å²) in [7, 11) is 0. The lowest BCUT2D eigenvalue weighted by Crippen LogP contribution is -2.39. The Bertz CT molecular complexity index is 430. The van der Waals surface area contributed by atoms with Gasteiger partial charge in [-0.05, 0) is 13.8 Å². The molecule has 0 bridgehead atoms. The zero-order valence-corrected chi connectivity index (χ0v) is 10.1. The van der Waals surface area contributed by atoms with Gasteiger partial charge in [0, 0.05) is 11.8 Å². The number of nitrogens with two attached hydrogens (primary N) is 1. The number of pyridine rings is 1. The van der Waals surface area contributed by atoms with Gasteiger partial charge in [-0.25, -0.2) is 0 Å². The number of rotatable bonds is 3. The van der Waals surface area contributed by atoms with E-state index in [0.717, 1.165) is 17.0 Å². The first-order valence-corrected chi connectivity index (χ1v) is 5.51. The Hall–Kier alpha value is -1.20. The van der Waals surface area contributed by atoms with E-state index in [-0.39, 0.29) is 6.10 Å². The summed E-state index contributed by atoms with van der Waals surface area (Å²) in [6.45, 7) is 5.04. The van der Waals surface area contributed by atoms with Crippen LogP contribution in [0, 0.1) is 13.8 Å². The molecule has 0 amide bonds. The summed E-state index contributed by atoms with van der Waals surface area (Å²) < 4.78 is 10.8. The van der Waals surface area contributed by atoms with Crippen molar-refractivity contribution in [3.8, 4) is 5.75 Å². The van der Waals surface area contributed by atoms with Crippen LogP contribution in [0.25, 0.3) is 0 Å². The molecule has 2 N–H and O–H groups in total. The summed E-state index contributed by atoms with van der Waals surface area (Å²) in [6.07, 6.45) is 0.106. The molecule has 2 heterocycles. The van der Waals surface area contributed by atoms with Crippen LogP contribution in [0.3, 0.4) is 0 Å². The minimum absolute atomic E-state index is 0.106. The van der Waals surface area contributed by atoms with Crippen LogP contribution in [-0.4, -0.2) is 29.3 Å². The molecular formula is C11H14N2O2S. The molecule has 1 aromatic rings. The second-order valence-corrected chi connectivity index (χ2v) is 4.30. The maximum absolute atomic E-state index is 5.77. The molecule has 0 aromatic carbocycles. The second kappa shape index (κ2) is 4.35. The van der Waals surface area contributed by atoms with Gasteiger partial charge in [-0.2, -0.15) is 0 Å². The van der Waals surface area contributed by atoms with Crippen LogP contribution in [0.2, 0.25) is 0 Å². The van der Waals surface area contributed by atoms with E-state index in [2.05, 4.69) is 4.98 Å². The van der Waals surface area contributed by atoms with Crippen LogP contribution in [-0.2, 0) is 4.74 Å². The maximum atomic E-state index is 5.77. The van der Waals surface area contributed by atoms with Crippen molar-refractivity contribution in [1.82, 2.24) is 4.98 Å². The lowest BCUT2D eigenvalue weighted by Gasteiger charge is -2.28. The first-order valence-electron chi connectivity index (χ1n) is 5.10. The highest BCUT2D eigenvalue weighted by Gasteiger charge is 2.23. The van der Waals surface area contributed by atoms with Gasteiger partial charge in [0.2, 0.25) is 0 Å². The van der Waals surface area contributed by atoms with E-state index in [9.17, 15) is 0 Å². The fourth-order valence-electron chi connectivity index (χ4n) is 1.65. The van der Waals surface area contributed by atoms with Gasteiger partial charge in [-0.1, -0.05) is 12.2 Å². The normalized spacial score (nSPS) is 15.6. The summed E-state index contributed by atoms with van der Waals surface area (Å²) in [5.41, 5.74) is 8.11. The molecule has 5 heteroatoms. The van der Waals surface area contributed by atoms with Crippen molar-refractivity contribution in [3.05, 3.63) is 23.0 Å². The molecule has 0 unspecified atom stereocenters. The molecule has 1 aromatic heterocycles. The maximum Gasteiger partial charge on any atom is 0.145 e. The SMILES string of the molecule is Cc1cc(OC2COC2)c(C(N)=S)c(C)n1. The summed E-state index contributed by atoms with van der Waals surface area (Å²) >= 11 is 5.01. The van der Waals surface area contributed by atoms with Crippen molar-refractivity contribution in [3.63, 3.8) is 0 Å². The minimum atomic E-state index is 0.106. The predicted octanol–water partition coefficient (Wildman–Crippen LogP) is 1.11. The highest BCUT2D eigenvalue weighted by atomic mass is 32.1. The van der Waals surface area contributed by atoms with Crippen molar-refractivity contribution in [2.45, 2.75) is 20.0 Å². The number of aromatic nitrogens is 1. The van der Waals surface area contributed by atoms with E-state index in [4.69, 9.17) is 27.4 Å². The fourth-order valence-corrected chi connectivity index (χ4v) is 1.90. The minimum Gasteiger partial charge on any atom is -0.485 e. The zero-order chi connectivity index (χ0) is 11.7. The van der Waals surface area contributed by atoms with Crippen LogP contribution in [0.1, 0.15) is 17.0 Å². The van der Waals surface area contributed by atoms with Crippen LogP contribution in [0.4, 0.5) is 0 Å². The molecular weight excluding hydrogens is 224 g/mol. The van der Waals surface area contributed by atoms with E-state index in [1.54, 1.807) is 0 Å². The number of hydrogen-bond acceptors (Lipinski definition) is 4. The van der Waals surface area contributed by atoms with Gasteiger partial charge in [0.05, 0.1) is 24.5 Å². The van der Waals surface area contributed by atoms with Crippen LogP contribution < -0.4 is 10.5 Å². The van der Waals surface area contributed by atoms with Gasteiger partial charge in [0.1, 0.15) is 16.8 Å². The highest BCUT2D eigenvalue weighted by molar-refractivity contribution is 7.80. The van der Waals surface area contributed by atoms with E-state index < -0.39 is 0 Å². The molecule has 2 rings (SSSR count). The number of thiocarbonyl (C=S) groups is 1. The van der Waals surface area contributed by atoms with Gasteiger partial charge >= 0.3 is 0 Å². The summed E-state index contributed by atoms with van der Waals surface area (Å²) in [5.74, 6) is 0.714. The molecule has 1 aliphatic rings. The first-order chi connectivity index (χ1) is 7.58. The van der Waals surface area contributed by atoms with Crippen molar-refractivity contribution >= 4 is 17.2 Å². The zero-order valence-electron chi connectivity index (χ0n) is 9.32. The molecule has 0 atom stereocenters. The molecule has 4 nitrogen and oxygen atoms in total. The van der Waals surface area contributed by atoms with Crippen LogP contribution >= 0.6 is 12.2 Å². The molecule has 0 spiro atoms. The van der Waals surface area contributed by atoms with Crippen molar-refractivity contribution < 1.29 is 9.47 Å². The Morgan fingerprint density at radius 1 is 1.56 bits per heavy atom. The van der Waals surface area contributed by atoms with Crippen LogP contribution in [0.5, 0.6) is 5.75 Å². The number of hydrogen-bond donors (Lipinski definition) is 1. The van der Waals surface area contributed by atoms with Gasteiger partial charge in [0.25, 0.3) is 0 Å². The predicted molar refractivity (Wildman–Crippen MR) is 64.8 cm³/mol. The Morgan fingerprint density at radius 3 is 2.75 bits per heavy atom. The number of aryl methyl sites for hydroxylation is 2. The molecule has 16 heavy (non-hydrogen) atoms. The van der Waals surface area contributed by atoms with Crippen LogP contribution in [0.15, 0.2) is 6.07 Å². The third-order valence-corrected chi connectivity index (χ3v) is 2.64. The van der Waals surface area contributed by atoms with Gasteiger partial charge in [-0.3, -0.25) is 4.98 Å². The van der Waals surface area contributed by atoms with Crippen molar-refractivity contribution in [1.29, 1.82) is 0 Å². The van der Waals surface area contributed by atoms with E-state index in [1.165, 1.54) is 0 Å². The lowest BCUT2D eigenvalue weighted by atomic mass is 10.1. The van der Waals surface area contributed by atoms with Crippen molar-refractivity contribution in [2.24, 2.45) is 5.73 Å². The molecule has 0 radical (unpaired) electrons. The molecule has 0 saturated carbocycles. The summed E-state index contributed by atoms with van der Waals surface area (Å²) in [5, 5.41) is 0. The summed E-state index contributed by atoms with van der Waals surface area (Å²) in [4.78, 5) is 4.65. The molecule has 86 valence electrons. The van der Waals surface area contributed by atoms with E-state index in [1.807, 2.05) is 19.9 Å². The Balaban J connectivity index is 2.35. The van der Waals surface area contributed by atoms with Gasteiger partial charge in [0.15, 0.2) is 0 Å².